The van der Waals surface area contributed by atoms with Crippen molar-refractivity contribution in [2.75, 3.05) is 6.61 Å². The molecule has 110 valence electrons. The first kappa shape index (κ1) is 15.0. The Balaban J connectivity index is 2.15. The number of carbonyl (C=O) groups is 1. The number of esters is 1. The molecule has 2 aliphatic rings. The van der Waals surface area contributed by atoms with E-state index in [1.54, 1.807) is 6.08 Å². The molecular formula is C17H24O3. The van der Waals surface area contributed by atoms with Crippen LogP contribution < -0.4 is 0 Å². The molecule has 3 nitrogen and oxygen atoms in total. The van der Waals surface area contributed by atoms with Gasteiger partial charge in [0.25, 0.3) is 0 Å². The van der Waals surface area contributed by atoms with Gasteiger partial charge in [-0.2, -0.15) is 0 Å². The van der Waals surface area contributed by atoms with Crippen molar-refractivity contribution in [2.24, 2.45) is 11.8 Å². The van der Waals surface area contributed by atoms with Gasteiger partial charge in [0.05, 0.1) is 0 Å². The molecular weight excluding hydrogens is 252 g/mol. The molecule has 2 atom stereocenters. The van der Waals surface area contributed by atoms with Crippen molar-refractivity contribution in [1.29, 1.82) is 0 Å². The highest BCUT2D eigenvalue weighted by molar-refractivity contribution is 5.85. The number of cyclic esters (lactones) is 1. The smallest absolute Gasteiger partial charge is 0.333 e. The average molecular weight is 276 g/mol. The predicted molar refractivity (Wildman–Crippen MR) is 79.0 cm³/mol. The quantitative estimate of drug-likeness (QED) is 0.717. The maximum Gasteiger partial charge on any atom is 0.333 e. The first-order valence-electron chi connectivity index (χ1n) is 7.42. The number of hydrogen-bond donors (Lipinski definition) is 0. The summed E-state index contributed by atoms with van der Waals surface area (Å²) in [6.45, 7) is 11.0. The van der Waals surface area contributed by atoms with E-state index >= 15 is 0 Å². The molecule has 0 bridgehead atoms. The maximum absolute atomic E-state index is 11.4. The third-order valence-electron chi connectivity index (χ3n) is 4.00. The van der Waals surface area contributed by atoms with Crippen LogP contribution in [0.25, 0.3) is 0 Å². The Bertz CT molecular complexity index is 457. The van der Waals surface area contributed by atoms with Gasteiger partial charge in [0.15, 0.2) is 0 Å². The van der Waals surface area contributed by atoms with Crippen molar-refractivity contribution in [2.45, 2.75) is 46.3 Å². The second-order valence-corrected chi connectivity index (χ2v) is 5.89. The van der Waals surface area contributed by atoms with Crippen molar-refractivity contribution in [3.63, 3.8) is 0 Å². The molecule has 0 spiro atoms. The summed E-state index contributed by atoms with van der Waals surface area (Å²) in [7, 11) is 0. The summed E-state index contributed by atoms with van der Waals surface area (Å²) in [5, 5.41) is 0. The fraction of sp³-hybridized carbons (Fsp3) is 0.588. The van der Waals surface area contributed by atoms with Crippen LogP contribution in [0.5, 0.6) is 0 Å². The molecule has 1 aliphatic heterocycles. The van der Waals surface area contributed by atoms with Crippen LogP contribution in [0, 0.1) is 11.8 Å². The second-order valence-electron chi connectivity index (χ2n) is 5.89. The van der Waals surface area contributed by atoms with Crippen molar-refractivity contribution in [3.05, 3.63) is 35.5 Å². The zero-order valence-electron chi connectivity index (χ0n) is 12.6. The lowest BCUT2D eigenvalue weighted by Gasteiger charge is -2.29. The highest BCUT2D eigenvalue weighted by Gasteiger charge is 2.30. The van der Waals surface area contributed by atoms with Crippen LogP contribution in [0.1, 0.15) is 40.0 Å². The summed E-state index contributed by atoms with van der Waals surface area (Å²) in [6, 6.07) is 0. The topological polar surface area (TPSA) is 35.5 Å². The minimum Gasteiger partial charge on any atom is -0.428 e. The van der Waals surface area contributed by atoms with Gasteiger partial charge >= 0.3 is 5.97 Å². The van der Waals surface area contributed by atoms with Crippen molar-refractivity contribution in [1.82, 2.24) is 0 Å². The molecule has 1 aliphatic carbocycles. The first-order valence-corrected chi connectivity index (χ1v) is 7.42. The first-order chi connectivity index (χ1) is 9.51. The molecule has 0 aromatic rings. The minimum absolute atomic E-state index is 0.296. The van der Waals surface area contributed by atoms with Crippen molar-refractivity contribution in [3.8, 4) is 0 Å². The Hall–Kier alpha value is -1.35. The molecule has 1 heterocycles. The Kier molecular flexibility index (Phi) is 4.81. The molecule has 2 rings (SSSR count). The van der Waals surface area contributed by atoms with E-state index in [0.29, 0.717) is 18.4 Å². The summed E-state index contributed by atoms with van der Waals surface area (Å²) in [4.78, 5) is 11.4. The third kappa shape index (κ3) is 3.40. The summed E-state index contributed by atoms with van der Waals surface area (Å²) in [5.74, 6) is 0.854. The van der Waals surface area contributed by atoms with Gasteiger partial charge in [-0.3, -0.25) is 0 Å². The molecule has 0 aromatic carbocycles. The fourth-order valence-corrected chi connectivity index (χ4v) is 3.01. The Labute approximate surface area is 121 Å². The number of hydrogen-bond acceptors (Lipinski definition) is 3. The van der Waals surface area contributed by atoms with E-state index < -0.39 is 6.29 Å². The average Bonchev–Trinajstić information content (AvgIpc) is 2.69. The zero-order chi connectivity index (χ0) is 14.7. The van der Waals surface area contributed by atoms with E-state index in [9.17, 15) is 4.79 Å². The van der Waals surface area contributed by atoms with E-state index in [4.69, 9.17) is 9.47 Å². The number of ether oxygens (including phenoxy) is 2. The van der Waals surface area contributed by atoms with E-state index in [1.807, 2.05) is 6.92 Å². The fourth-order valence-electron chi connectivity index (χ4n) is 3.01. The summed E-state index contributed by atoms with van der Waals surface area (Å²) in [6.07, 6.45) is 6.23. The number of rotatable bonds is 5. The van der Waals surface area contributed by atoms with Crippen molar-refractivity contribution >= 4 is 5.97 Å². The van der Waals surface area contributed by atoms with Crippen LogP contribution in [0.4, 0.5) is 0 Å². The lowest BCUT2D eigenvalue weighted by molar-refractivity contribution is -0.158. The van der Waals surface area contributed by atoms with E-state index in [0.717, 1.165) is 24.8 Å². The van der Waals surface area contributed by atoms with Gasteiger partial charge < -0.3 is 9.47 Å². The number of carbonyl (C=O) groups excluding carboxylic acids is 1. The minimum atomic E-state index is -0.503. The predicted octanol–water partition coefficient (Wildman–Crippen LogP) is 3.77. The molecule has 0 radical (unpaired) electrons. The van der Waals surface area contributed by atoms with E-state index in [2.05, 4.69) is 26.5 Å². The Morgan fingerprint density at radius 2 is 2.15 bits per heavy atom. The van der Waals surface area contributed by atoms with Gasteiger partial charge in [0, 0.05) is 18.3 Å². The van der Waals surface area contributed by atoms with Crippen molar-refractivity contribution < 1.29 is 14.3 Å². The Morgan fingerprint density at radius 3 is 2.80 bits per heavy atom. The van der Waals surface area contributed by atoms with Gasteiger partial charge in [-0.15, -0.1) is 0 Å². The normalized spacial score (nSPS) is 26.6. The van der Waals surface area contributed by atoms with Gasteiger partial charge in [-0.25, -0.2) is 4.79 Å². The zero-order valence-corrected chi connectivity index (χ0v) is 12.6. The number of allylic oxidation sites excluding steroid dienone is 3. The maximum atomic E-state index is 11.4. The molecule has 0 N–H and O–H groups in total. The van der Waals surface area contributed by atoms with Crippen LogP contribution in [0.15, 0.2) is 35.5 Å². The van der Waals surface area contributed by atoms with Crippen LogP contribution >= 0.6 is 0 Å². The molecule has 20 heavy (non-hydrogen) atoms. The molecule has 0 saturated heterocycles. The highest BCUT2D eigenvalue weighted by Crippen LogP contribution is 2.37. The summed E-state index contributed by atoms with van der Waals surface area (Å²) in [5.41, 5.74) is 3.46. The van der Waals surface area contributed by atoms with Gasteiger partial charge in [-0.1, -0.05) is 37.6 Å². The Morgan fingerprint density at radius 1 is 1.40 bits per heavy atom. The second kappa shape index (κ2) is 6.40. The third-order valence-corrected chi connectivity index (χ3v) is 4.00. The molecule has 0 aromatic heterocycles. The molecule has 0 amide bonds. The lowest BCUT2D eigenvalue weighted by Crippen LogP contribution is -2.20. The SMILES string of the molecule is C=C1C=C(CC2=CC(=O)O[C@H]2OCC)[C@@H](C(C)C)CC1. The summed E-state index contributed by atoms with van der Waals surface area (Å²) < 4.78 is 10.7. The largest absolute Gasteiger partial charge is 0.428 e. The van der Waals surface area contributed by atoms with Crippen LogP contribution in [-0.2, 0) is 14.3 Å². The van der Waals surface area contributed by atoms with Crippen LogP contribution in [-0.4, -0.2) is 18.9 Å². The summed E-state index contributed by atoms with van der Waals surface area (Å²) >= 11 is 0. The monoisotopic (exact) mass is 276 g/mol. The molecule has 0 saturated carbocycles. The lowest BCUT2D eigenvalue weighted by atomic mass is 9.76. The van der Waals surface area contributed by atoms with Gasteiger partial charge in [0.2, 0.25) is 6.29 Å². The standard InChI is InChI=1S/C17H24O3/c1-5-19-17-14(10-16(18)20-17)9-13-8-12(4)6-7-15(13)11(2)3/h8,10-11,15,17H,4-7,9H2,1-3H3/t15-,17-/m1/s1. The molecule has 0 unspecified atom stereocenters. The highest BCUT2D eigenvalue weighted by atomic mass is 16.7. The van der Waals surface area contributed by atoms with E-state index in [-0.39, 0.29) is 5.97 Å². The van der Waals surface area contributed by atoms with Gasteiger partial charge in [-0.05, 0) is 38.0 Å². The van der Waals surface area contributed by atoms with Crippen LogP contribution in [0.3, 0.4) is 0 Å². The van der Waals surface area contributed by atoms with Gasteiger partial charge in [0.1, 0.15) is 0 Å². The van der Waals surface area contributed by atoms with Crippen LogP contribution in [0.2, 0.25) is 0 Å². The molecule has 0 fully saturated rings. The van der Waals surface area contributed by atoms with E-state index in [1.165, 1.54) is 11.1 Å². The molecule has 3 heteroatoms.